The lowest BCUT2D eigenvalue weighted by atomic mass is 10.6. The fourth-order valence-electron chi connectivity index (χ4n) is 0.467. The Labute approximate surface area is 69.7 Å². The highest BCUT2D eigenvalue weighted by Crippen LogP contribution is 1.93. The van der Waals surface area contributed by atoms with Crippen LogP contribution in [0.4, 0.5) is 0 Å². The Morgan fingerprint density at radius 1 is 1.82 bits per heavy atom. The van der Waals surface area contributed by atoms with Crippen molar-refractivity contribution in [3.8, 4) is 0 Å². The molecule has 1 aromatic rings. The third-order valence-electron chi connectivity index (χ3n) is 1.22. The average molecular weight is 170 g/mol. The minimum Gasteiger partial charge on any atom is -0.300 e. The summed E-state index contributed by atoms with van der Waals surface area (Å²) >= 11 is 1.33. The molecule has 0 spiro atoms. The van der Waals surface area contributed by atoms with E-state index in [1.165, 1.54) is 11.5 Å². The summed E-state index contributed by atoms with van der Waals surface area (Å²) in [6.45, 7) is 2.94. The molecule has 1 aromatic heterocycles. The lowest BCUT2D eigenvalue weighted by Gasteiger charge is -2.06. The summed E-state index contributed by atoms with van der Waals surface area (Å²) in [7, 11) is 1.91. The molecule has 0 aliphatic rings. The summed E-state index contributed by atoms with van der Waals surface area (Å²) < 4.78 is 3.71. The van der Waals surface area contributed by atoms with Crippen molar-refractivity contribution in [3.05, 3.63) is 11.1 Å². The van der Waals surface area contributed by atoms with Gasteiger partial charge in [0.05, 0.1) is 6.21 Å². The second-order valence-corrected chi connectivity index (χ2v) is 2.66. The van der Waals surface area contributed by atoms with Gasteiger partial charge >= 0.3 is 0 Å². The second kappa shape index (κ2) is 4.02. The highest BCUT2D eigenvalue weighted by atomic mass is 32.1. The number of hydrazone groups is 1. The van der Waals surface area contributed by atoms with Gasteiger partial charge in [-0.05, 0) is 18.5 Å². The van der Waals surface area contributed by atoms with Crippen LogP contribution >= 0.6 is 11.5 Å². The highest BCUT2D eigenvalue weighted by Gasteiger charge is 1.89. The zero-order valence-corrected chi connectivity index (χ0v) is 7.38. The van der Waals surface area contributed by atoms with Gasteiger partial charge in [0.1, 0.15) is 5.69 Å². The number of hydrogen-bond donors (Lipinski definition) is 0. The summed E-state index contributed by atoms with van der Waals surface area (Å²) in [5.74, 6) is 0. The van der Waals surface area contributed by atoms with E-state index >= 15 is 0 Å². The molecule has 4 nitrogen and oxygen atoms in total. The molecule has 5 heteroatoms. The largest absolute Gasteiger partial charge is 0.300 e. The molecule has 0 amide bonds. The molecule has 0 aromatic carbocycles. The van der Waals surface area contributed by atoms with Gasteiger partial charge in [0.15, 0.2) is 0 Å². The van der Waals surface area contributed by atoms with Crippen LogP contribution in [0.25, 0.3) is 0 Å². The first-order valence-electron chi connectivity index (χ1n) is 3.35. The minimum absolute atomic E-state index is 0.815. The van der Waals surface area contributed by atoms with E-state index in [-0.39, 0.29) is 0 Å². The van der Waals surface area contributed by atoms with Crippen molar-refractivity contribution in [2.45, 2.75) is 6.92 Å². The van der Waals surface area contributed by atoms with E-state index in [1.807, 2.05) is 24.4 Å². The first-order valence-corrected chi connectivity index (χ1v) is 4.18. The lowest BCUT2D eigenvalue weighted by molar-refractivity contribution is 0.377. The van der Waals surface area contributed by atoms with Crippen LogP contribution in [0.2, 0.25) is 0 Å². The predicted octanol–water partition coefficient (Wildman–Crippen LogP) is 0.824. The smallest absolute Gasteiger partial charge is 0.118 e. The first-order chi connectivity index (χ1) is 5.33. The highest BCUT2D eigenvalue weighted by molar-refractivity contribution is 7.03. The molecule has 0 saturated heterocycles. The van der Waals surface area contributed by atoms with Crippen LogP contribution in [0.1, 0.15) is 12.6 Å². The second-order valence-electron chi connectivity index (χ2n) is 2.05. The molecular weight excluding hydrogens is 160 g/mol. The predicted molar refractivity (Wildman–Crippen MR) is 45.8 cm³/mol. The summed E-state index contributed by atoms with van der Waals surface area (Å²) in [5.41, 5.74) is 0.815. The molecule has 60 valence electrons. The quantitative estimate of drug-likeness (QED) is 0.498. The fourth-order valence-corrected chi connectivity index (χ4v) is 0.872. The topological polar surface area (TPSA) is 41.4 Å². The van der Waals surface area contributed by atoms with Crippen LogP contribution < -0.4 is 0 Å². The molecule has 1 rings (SSSR count). The Morgan fingerprint density at radius 3 is 3.18 bits per heavy atom. The summed E-state index contributed by atoms with van der Waals surface area (Å²) in [6.07, 6.45) is 1.70. The van der Waals surface area contributed by atoms with Crippen LogP contribution in [0.3, 0.4) is 0 Å². The van der Waals surface area contributed by atoms with Gasteiger partial charge in [0.2, 0.25) is 0 Å². The zero-order chi connectivity index (χ0) is 8.10. The minimum atomic E-state index is 0.815. The Balaban J connectivity index is 2.48. The first kappa shape index (κ1) is 8.13. The van der Waals surface area contributed by atoms with Crippen LogP contribution in [0.5, 0.6) is 0 Å². The maximum atomic E-state index is 4.10. The van der Waals surface area contributed by atoms with Crippen LogP contribution in [0.15, 0.2) is 10.5 Å². The van der Waals surface area contributed by atoms with E-state index in [4.69, 9.17) is 0 Å². The van der Waals surface area contributed by atoms with Gasteiger partial charge < -0.3 is 5.01 Å². The Kier molecular flexibility index (Phi) is 2.97. The summed E-state index contributed by atoms with van der Waals surface area (Å²) in [5, 5.41) is 11.6. The van der Waals surface area contributed by atoms with E-state index in [0.717, 1.165) is 12.2 Å². The van der Waals surface area contributed by atoms with Gasteiger partial charge in [-0.1, -0.05) is 4.49 Å². The van der Waals surface area contributed by atoms with Gasteiger partial charge in [-0.25, -0.2) is 0 Å². The van der Waals surface area contributed by atoms with Crippen LogP contribution in [-0.2, 0) is 0 Å². The monoisotopic (exact) mass is 170 g/mol. The van der Waals surface area contributed by atoms with E-state index in [2.05, 4.69) is 14.7 Å². The van der Waals surface area contributed by atoms with Gasteiger partial charge in [-0.2, -0.15) is 5.10 Å². The van der Waals surface area contributed by atoms with Crippen LogP contribution in [-0.4, -0.2) is 34.4 Å². The molecule has 0 aliphatic heterocycles. The Morgan fingerprint density at radius 2 is 2.64 bits per heavy atom. The molecule has 11 heavy (non-hydrogen) atoms. The van der Waals surface area contributed by atoms with Crippen molar-refractivity contribution in [1.82, 2.24) is 14.6 Å². The third kappa shape index (κ3) is 2.63. The maximum Gasteiger partial charge on any atom is 0.118 e. The third-order valence-corrected chi connectivity index (χ3v) is 1.74. The van der Waals surface area contributed by atoms with Crippen molar-refractivity contribution in [2.24, 2.45) is 5.10 Å². The molecule has 0 saturated carbocycles. The van der Waals surface area contributed by atoms with Crippen molar-refractivity contribution in [3.63, 3.8) is 0 Å². The molecule has 0 aliphatic carbocycles. The van der Waals surface area contributed by atoms with Crippen molar-refractivity contribution < 1.29 is 0 Å². The molecule has 0 fully saturated rings. The SMILES string of the molecule is CCN(C)/N=C/c1csnn1. The number of nitrogens with zero attached hydrogens (tertiary/aromatic N) is 4. The van der Waals surface area contributed by atoms with E-state index < -0.39 is 0 Å². The van der Waals surface area contributed by atoms with Gasteiger partial charge in [-0.3, -0.25) is 0 Å². The molecule has 0 bridgehead atoms. The number of hydrogen-bond acceptors (Lipinski definition) is 5. The molecule has 0 radical (unpaired) electrons. The molecule has 0 unspecified atom stereocenters. The maximum absolute atomic E-state index is 4.10. The Hall–Kier alpha value is -0.970. The van der Waals surface area contributed by atoms with E-state index in [0.29, 0.717) is 0 Å². The summed E-state index contributed by atoms with van der Waals surface area (Å²) in [4.78, 5) is 0. The molecule has 1 heterocycles. The number of rotatable bonds is 3. The number of aromatic nitrogens is 2. The van der Waals surface area contributed by atoms with Gasteiger partial charge in [0.25, 0.3) is 0 Å². The van der Waals surface area contributed by atoms with Crippen LogP contribution in [0, 0.1) is 0 Å². The fraction of sp³-hybridized carbons (Fsp3) is 0.500. The molecule has 0 N–H and O–H groups in total. The van der Waals surface area contributed by atoms with Gasteiger partial charge in [0, 0.05) is 19.0 Å². The van der Waals surface area contributed by atoms with Crippen molar-refractivity contribution in [2.75, 3.05) is 13.6 Å². The normalized spacial score (nSPS) is 10.7. The molecule has 0 atom stereocenters. The summed E-state index contributed by atoms with van der Waals surface area (Å²) in [6, 6.07) is 0. The van der Waals surface area contributed by atoms with E-state index in [1.54, 1.807) is 6.21 Å². The van der Waals surface area contributed by atoms with E-state index in [9.17, 15) is 0 Å². The lowest BCUT2D eigenvalue weighted by Crippen LogP contribution is -2.09. The van der Waals surface area contributed by atoms with Crippen molar-refractivity contribution in [1.29, 1.82) is 0 Å². The Bertz CT molecular complexity index is 218. The average Bonchev–Trinajstić information content (AvgIpc) is 2.52. The zero-order valence-electron chi connectivity index (χ0n) is 6.56. The molecular formula is C6H10N4S. The van der Waals surface area contributed by atoms with Crippen molar-refractivity contribution >= 4 is 17.7 Å². The van der Waals surface area contributed by atoms with Gasteiger partial charge in [-0.15, -0.1) is 5.10 Å². The standard InChI is InChI=1S/C6H10N4S/c1-3-10(2)7-4-6-5-11-9-8-6/h4-5H,3H2,1-2H3/b7-4+.